The summed E-state index contributed by atoms with van der Waals surface area (Å²) in [7, 11) is 0. The van der Waals surface area contributed by atoms with E-state index in [0.717, 1.165) is 5.56 Å². The van der Waals surface area contributed by atoms with Crippen LogP contribution in [0.3, 0.4) is 0 Å². The highest BCUT2D eigenvalue weighted by Crippen LogP contribution is 2.26. The first-order valence-electron chi connectivity index (χ1n) is 12.6. The van der Waals surface area contributed by atoms with Crippen LogP contribution in [0.2, 0.25) is 0 Å². The number of nitrogens with one attached hydrogen (secondary N) is 2. The number of carbonyl (C=O) groups is 3. The molecule has 0 aliphatic carbocycles. The van der Waals surface area contributed by atoms with Crippen molar-refractivity contribution in [3.63, 3.8) is 0 Å². The molecule has 202 valence electrons. The van der Waals surface area contributed by atoms with Gasteiger partial charge in [-0.25, -0.2) is 4.79 Å². The van der Waals surface area contributed by atoms with Gasteiger partial charge in [0.2, 0.25) is 5.91 Å². The van der Waals surface area contributed by atoms with E-state index in [1.165, 1.54) is 11.8 Å². The molecule has 1 atom stereocenters. The van der Waals surface area contributed by atoms with Crippen molar-refractivity contribution in [3.05, 3.63) is 71.0 Å². The minimum Gasteiger partial charge on any atom is -0.459 e. The molecule has 0 radical (unpaired) electrons. The van der Waals surface area contributed by atoms with Crippen LogP contribution in [0, 0.1) is 12.8 Å². The number of thioether (sulfide) groups is 1. The predicted octanol–water partition coefficient (Wildman–Crippen LogP) is 5.03. The van der Waals surface area contributed by atoms with Gasteiger partial charge in [0.05, 0.1) is 23.5 Å². The summed E-state index contributed by atoms with van der Waals surface area (Å²) in [6.07, 6.45) is -0.232. The Bertz CT molecular complexity index is 1290. The van der Waals surface area contributed by atoms with E-state index in [1.807, 2.05) is 50.5 Å². The van der Waals surface area contributed by atoms with Crippen LogP contribution < -0.4 is 10.6 Å². The van der Waals surface area contributed by atoms with Crippen molar-refractivity contribution in [2.45, 2.75) is 65.4 Å². The molecule has 0 aliphatic rings. The molecule has 10 heteroatoms. The van der Waals surface area contributed by atoms with Gasteiger partial charge in [-0.3, -0.25) is 9.59 Å². The van der Waals surface area contributed by atoms with Crippen LogP contribution in [0.1, 0.15) is 72.8 Å². The number of benzene rings is 2. The Labute approximate surface area is 227 Å². The lowest BCUT2D eigenvalue weighted by Gasteiger charge is -2.22. The van der Waals surface area contributed by atoms with Crippen LogP contribution in [0.5, 0.6) is 0 Å². The van der Waals surface area contributed by atoms with Crippen molar-refractivity contribution in [1.29, 1.82) is 0 Å². The summed E-state index contributed by atoms with van der Waals surface area (Å²) in [5.74, 6) is -0.0585. The van der Waals surface area contributed by atoms with E-state index < -0.39 is 5.97 Å². The van der Waals surface area contributed by atoms with Gasteiger partial charge in [0, 0.05) is 17.8 Å². The second kappa shape index (κ2) is 13.2. The first kappa shape index (κ1) is 28.9. The van der Waals surface area contributed by atoms with Gasteiger partial charge < -0.3 is 19.9 Å². The lowest BCUT2D eigenvalue weighted by atomic mass is 10.0. The maximum Gasteiger partial charge on any atom is 0.338 e. The fraction of sp³-hybridized carbons (Fsp3) is 0.393. The van der Waals surface area contributed by atoms with Crippen molar-refractivity contribution in [3.8, 4) is 0 Å². The minimum atomic E-state index is -0.441. The highest BCUT2D eigenvalue weighted by Gasteiger charge is 2.26. The van der Waals surface area contributed by atoms with E-state index in [0.29, 0.717) is 34.3 Å². The zero-order valence-corrected chi connectivity index (χ0v) is 23.5. The Morgan fingerprint density at radius 1 is 1.00 bits per heavy atom. The van der Waals surface area contributed by atoms with Crippen molar-refractivity contribution in [2.75, 3.05) is 11.1 Å². The molecule has 3 rings (SSSR count). The van der Waals surface area contributed by atoms with Crippen molar-refractivity contribution < 1.29 is 19.1 Å². The smallest absolute Gasteiger partial charge is 0.338 e. The lowest BCUT2D eigenvalue weighted by Crippen LogP contribution is -2.33. The third-order valence-corrected chi connectivity index (χ3v) is 6.60. The Balaban J connectivity index is 1.68. The van der Waals surface area contributed by atoms with Crippen LogP contribution >= 0.6 is 11.8 Å². The zero-order chi connectivity index (χ0) is 27.8. The Morgan fingerprint density at radius 2 is 1.71 bits per heavy atom. The Morgan fingerprint density at radius 3 is 2.37 bits per heavy atom. The molecule has 1 heterocycles. The van der Waals surface area contributed by atoms with Gasteiger partial charge in [-0.05, 0) is 63.9 Å². The minimum absolute atomic E-state index is 0.0640. The third kappa shape index (κ3) is 7.67. The number of nitrogens with zero attached hydrogens (tertiary/aromatic N) is 3. The van der Waals surface area contributed by atoms with Gasteiger partial charge in [0.25, 0.3) is 5.91 Å². The van der Waals surface area contributed by atoms with E-state index in [-0.39, 0.29) is 35.6 Å². The molecular formula is C28H35N5O4S. The van der Waals surface area contributed by atoms with E-state index >= 15 is 0 Å². The summed E-state index contributed by atoms with van der Waals surface area (Å²) in [6, 6.07) is 13.7. The molecule has 3 aromatic rings. The van der Waals surface area contributed by atoms with E-state index in [9.17, 15) is 14.4 Å². The van der Waals surface area contributed by atoms with Gasteiger partial charge >= 0.3 is 5.97 Å². The topological polar surface area (TPSA) is 115 Å². The highest BCUT2D eigenvalue weighted by molar-refractivity contribution is 7.99. The SMILES string of the molecule is CCn1c(SCC(=O)Nc2cccc(C(=O)OC(C)C)c2)nnc1[C@H](NC(=O)c1cccc(C)c1)C(C)C. The van der Waals surface area contributed by atoms with E-state index in [1.54, 1.807) is 44.2 Å². The second-order valence-corrected chi connectivity index (χ2v) is 10.5. The average Bonchev–Trinajstić information content (AvgIpc) is 3.28. The zero-order valence-electron chi connectivity index (χ0n) is 22.6. The van der Waals surface area contributed by atoms with Gasteiger partial charge in [-0.2, -0.15) is 0 Å². The number of rotatable bonds is 11. The predicted molar refractivity (Wildman–Crippen MR) is 148 cm³/mol. The van der Waals surface area contributed by atoms with Crippen LogP contribution in [-0.4, -0.2) is 44.4 Å². The molecule has 0 spiro atoms. The molecule has 2 N–H and O–H groups in total. The molecule has 0 unspecified atom stereocenters. The molecular weight excluding hydrogens is 502 g/mol. The molecule has 1 aromatic heterocycles. The quantitative estimate of drug-likeness (QED) is 0.260. The average molecular weight is 538 g/mol. The molecule has 0 fully saturated rings. The molecule has 0 aliphatic heterocycles. The number of amides is 2. The molecule has 0 saturated heterocycles. The Hall–Kier alpha value is -3.66. The van der Waals surface area contributed by atoms with Gasteiger partial charge in [-0.1, -0.05) is 49.4 Å². The number of hydrogen-bond acceptors (Lipinski definition) is 7. The molecule has 2 aromatic carbocycles. The number of ether oxygens (including phenoxy) is 1. The van der Waals surface area contributed by atoms with Crippen molar-refractivity contribution in [1.82, 2.24) is 20.1 Å². The van der Waals surface area contributed by atoms with Crippen LogP contribution in [0.15, 0.2) is 53.7 Å². The summed E-state index contributed by atoms with van der Waals surface area (Å²) in [4.78, 5) is 37.8. The first-order valence-corrected chi connectivity index (χ1v) is 13.6. The van der Waals surface area contributed by atoms with E-state index in [4.69, 9.17) is 4.74 Å². The summed E-state index contributed by atoms with van der Waals surface area (Å²) in [6.45, 7) is 12.1. The van der Waals surface area contributed by atoms with Crippen LogP contribution in [0.4, 0.5) is 5.69 Å². The standard InChI is InChI=1S/C28H35N5O4S/c1-7-33-25(24(17(2)3)30-26(35)20-11-8-10-19(6)14-20)31-32-28(33)38-16-23(34)29-22-13-9-12-21(15-22)27(36)37-18(4)5/h8-15,17-18,24H,7,16H2,1-6H3,(H,29,34)(H,30,35)/t24-/m1/s1. The number of anilines is 1. The van der Waals surface area contributed by atoms with Crippen molar-refractivity contribution >= 4 is 35.2 Å². The Kier molecular flexibility index (Phi) is 10.1. The summed E-state index contributed by atoms with van der Waals surface area (Å²) in [5.41, 5.74) is 2.47. The maximum atomic E-state index is 12.9. The molecule has 0 saturated carbocycles. The summed E-state index contributed by atoms with van der Waals surface area (Å²) >= 11 is 1.26. The number of hydrogen-bond donors (Lipinski definition) is 2. The van der Waals surface area contributed by atoms with E-state index in [2.05, 4.69) is 20.8 Å². The van der Waals surface area contributed by atoms with Gasteiger partial charge in [0.15, 0.2) is 11.0 Å². The largest absolute Gasteiger partial charge is 0.459 e. The van der Waals surface area contributed by atoms with Gasteiger partial charge in [0.1, 0.15) is 0 Å². The number of aryl methyl sites for hydroxylation is 1. The normalized spacial score (nSPS) is 11.9. The third-order valence-electron chi connectivity index (χ3n) is 5.63. The lowest BCUT2D eigenvalue weighted by molar-refractivity contribution is -0.113. The monoisotopic (exact) mass is 537 g/mol. The summed E-state index contributed by atoms with van der Waals surface area (Å²) < 4.78 is 7.14. The second-order valence-electron chi connectivity index (χ2n) is 9.52. The fourth-order valence-electron chi connectivity index (χ4n) is 3.81. The van der Waals surface area contributed by atoms with Crippen LogP contribution in [0.25, 0.3) is 0 Å². The number of esters is 1. The molecule has 9 nitrogen and oxygen atoms in total. The molecule has 0 bridgehead atoms. The van der Waals surface area contributed by atoms with Crippen LogP contribution in [-0.2, 0) is 16.1 Å². The molecule has 38 heavy (non-hydrogen) atoms. The fourth-order valence-corrected chi connectivity index (χ4v) is 4.62. The molecule has 2 amide bonds. The highest BCUT2D eigenvalue weighted by atomic mass is 32.2. The summed E-state index contributed by atoms with van der Waals surface area (Å²) in [5, 5.41) is 15.2. The maximum absolute atomic E-state index is 12.9. The van der Waals surface area contributed by atoms with Gasteiger partial charge in [-0.15, -0.1) is 10.2 Å². The van der Waals surface area contributed by atoms with Crippen molar-refractivity contribution in [2.24, 2.45) is 5.92 Å². The number of aromatic nitrogens is 3. The number of carbonyl (C=O) groups excluding carboxylic acids is 3. The first-order chi connectivity index (χ1) is 18.1.